The molecule has 0 aromatic heterocycles. The molecule has 2 rings (SSSR count). The van der Waals surface area contributed by atoms with Crippen LogP contribution < -0.4 is 14.8 Å². The van der Waals surface area contributed by atoms with E-state index in [0.29, 0.717) is 22.9 Å². The van der Waals surface area contributed by atoms with Crippen LogP contribution in [0.25, 0.3) is 0 Å². The third-order valence-electron chi connectivity index (χ3n) is 4.09. The van der Waals surface area contributed by atoms with Crippen LogP contribution in [0.1, 0.15) is 28.8 Å². The molecule has 0 spiro atoms. The molecule has 8 heteroatoms. The topological polar surface area (TPSA) is 84.5 Å². The van der Waals surface area contributed by atoms with Crippen molar-refractivity contribution in [3.63, 3.8) is 0 Å². The summed E-state index contributed by atoms with van der Waals surface area (Å²) in [7, 11) is -0.514. The largest absolute Gasteiger partial charge is 0.496 e. The van der Waals surface area contributed by atoms with Crippen molar-refractivity contribution in [2.24, 2.45) is 0 Å². The number of carbonyl (C=O) groups excluding carboxylic acids is 1. The Balaban J connectivity index is 1.79. The normalized spacial score (nSPS) is 11.2. The molecule has 1 amide bonds. The third-order valence-corrected chi connectivity index (χ3v) is 5.75. The van der Waals surface area contributed by atoms with E-state index >= 15 is 0 Å². The summed E-state index contributed by atoms with van der Waals surface area (Å²) in [6.45, 7) is 0.528. The number of carbonyl (C=O) groups is 1. The number of hydrogen-bond donors (Lipinski definition) is 2. The van der Waals surface area contributed by atoms with Crippen molar-refractivity contribution in [3.8, 4) is 5.75 Å². The highest BCUT2D eigenvalue weighted by Gasteiger charge is 2.12. The Morgan fingerprint density at radius 1 is 1.11 bits per heavy atom. The summed E-state index contributed by atoms with van der Waals surface area (Å²) in [4.78, 5) is 12.5. The minimum Gasteiger partial charge on any atom is -0.496 e. The fourth-order valence-electron chi connectivity index (χ4n) is 2.56. The second kappa shape index (κ2) is 9.73. The molecular formula is C19H23ClN2O4S. The van der Waals surface area contributed by atoms with Crippen LogP contribution in [0.15, 0.2) is 47.4 Å². The highest BCUT2D eigenvalue weighted by molar-refractivity contribution is 7.89. The number of halogens is 1. The zero-order chi connectivity index (χ0) is 19.9. The van der Waals surface area contributed by atoms with Gasteiger partial charge >= 0.3 is 0 Å². The van der Waals surface area contributed by atoms with E-state index in [2.05, 4.69) is 10.0 Å². The molecule has 2 N–H and O–H groups in total. The molecule has 0 heterocycles. The van der Waals surface area contributed by atoms with E-state index in [1.54, 1.807) is 42.5 Å². The quantitative estimate of drug-likeness (QED) is 0.622. The first-order valence-electron chi connectivity index (χ1n) is 8.51. The van der Waals surface area contributed by atoms with Crippen molar-refractivity contribution in [1.29, 1.82) is 0 Å². The predicted octanol–water partition coefficient (Wildman–Crippen LogP) is 3.01. The lowest BCUT2D eigenvalue weighted by Crippen LogP contribution is -2.25. The van der Waals surface area contributed by atoms with Gasteiger partial charge in [-0.25, -0.2) is 13.1 Å². The number of rotatable bonds is 9. The van der Waals surface area contributed by atoms with Crippen molar-refractivity contribution >= 4 is 27.5 Å². The average Bonchev–Trinajstić information content (AvgIpc) is 2.68. The van der Waals surface area contributed by atoms with Gasteiger partial charge in [-0.15, -0.1) is 0 Å². The fraction of sp³-hybridized carbons (Fsp3) is 0.316. The van der Waals surface area contributed by atoms with Gasteiger partial charge in [0.2, 0.25) is 10.0 Å². The zero-order valence-electron chi connectivity index (χ0n) is 15.3. The molecule has 0 fully saturated rings. The van der Waals surface area contributed by atoms with E-state index < -0.39 is 10.0 Å². The molecule has 0 bridgehead atoms. The summed E-state index contributed by atoms with van der Waals surface area (Å²) in [6.07, 6.45) is 2.46. The Kier molecular flexibility index (Phi) is 7.65. The SMILES string of the molecule is CNS(=O)(=O)c1ccc(CCCCNC(=O)c2cc(Cl)ccc2OC)cc1. The maximum Gasteiger partial charge on any atom is 0.255 e. The molecule has 146 valence electrons. The summed E-state index contributed by atoms with van der Waals surface area (Å²) in [6, 6.07) is 11.7. The minimum atomic E-state index is -3.41. The van der Waals surface area contributed by atoms with Crippen LogP contribution in [0.2, 0.25) is 5.02 Å². The second-order valence-corrected chi connectivity index (χ2v) is 8.23. The maximum atomic E-state index is 12.3. The third kappa shape index (κ3) is 5.95. The van der Waals surface area contributed by atoms with Gasteiger partial charge in [-0.1, -0.05) is 23.7 Å². The molecule has 0 atom stereocenters. The van der Waals surface area contributed by atoms with Gasteiger partial charge in [-0.2, -0.15) is 0 Å². The number of sulfonamides is 1. The summed E-state index contributed by atoms with van der Waals surface area (Å²) in [5.41, 5.74) is 1.46. The van der Waals surface area contributed by atoms with Gasteiger partial charge in [0.15, 0.2) is 0 Å². The van der Waals surface area contributed by atoms with Crippen LogP contribution in [0.3, 0.4) is 0 Å². The van der Waals surface area contributed by atoms with Crippen molar-refractivity contribution in [1.82, 2.24) is 10.0 Å². The molecule has 0 saturated heterocycles. The summed E-state index contributed by atoms with van der Waals surface area (Å²) >= 11 is 5.94. The van der Waals surface area contributed by atoms with Crippen molar-refractivity contribution in [2.75, 3.05) is 20.7 Å². The lowest BCUT2D eigenvalue weighted by molar-refractivity contribution is 0.0950. The van der Waals surface area contributed by atoms with Gasteiger partial charge < -0.3 is 10.1 Å². The van der Waals surface area contributed by atoms with Gasteiger partial charge in [-0.3, -0.25) is 4.79 Å². The molecule has 0 radical (unpaired) electrons. The Bertz CT molecular complexity index is 883. The Hall–Kier alpha value is -2.09. The Morgan fingerprint density at radius 3 is 2.44 bits per heavy atom. The van der Waals surface area contributed by atoms with E-state index in [9.17, 15) is 13.2 Å². The molecule has 0 aliphatic rings. The van der Waals surface area contributed by atoms with Crippen LogP contribution in [-0.4, -0.2) is 35.0 Å². The Morgan fingerprint density at radius 2 is 1.81 bits per heavy atom. The first-order chi connectivity index (χ1) is 12.9. The lowest BCUT2D eigenvalue weighted by Gasteiger charge is -2.10. The Labute approximate surface area is 164 Å². The molecule has 6 nitrogen and oxygen atoms in total. The highest BCUT2D eigenvalue weighted by atomic mass is 35.5. The zero-order valence-corrected chi connectivity index (χ0v) is 16.9. The summed E-state index contributed by atoms with van der Waals surface area (Å²) in [5.74, 6) is 0.254. The fourth-order valence-corrected chi connectivity index (χ4v) is 3.46. The number of benzene rings is 2. The molecule has 2 aromatic carbocycles. The van der Waals surface area contributed by atoms with Crippen LogP contribution in [0.4, 0.5) is 0 Å². The van der Waals surface area contributed by atoms with E-state index in [0.717, 1.165) is 24.8 Å². The van der Waals surface area contributed by atoms with Crippen LogP contribution in [0, 0.1) is 0 Å². The van der Waals surface area contributed by atoms with Gasteiger partial charge in [0.05, 0.1) is 17.6 Å². The number of aryl methyl sites for hydroxylation is 1. The average molecular weight is 411 g/mol. The number of methoxy groups -OCH3 is 1. The van der Waals surface area contributed by atoms with E-state index in [4.69, 9.17) is 16.3 Å². The molecule has 0 unspecified atom stereocenters. The van der Waals surface area contributed by atoms with Crippen LogP contribution >= 0.6 is 11.6 Å². The molecule has 0 aliphatic carbocycles. The second-order valence-electron chi connectivity index (χ2n) is 5.91. The monoisotopic (exact) mass is 410 g/mol. The van der Waals surface area contributed by atoms with E-state index in [-0.39, 0.29) is 10.8 Å². The van der Waals surface area contributed by atoms with Crippen molar-refractivity contribution in [3.05, 3.63) is 58.6 Å². The molecule has 27 heavy (non-hydrogen) atoms. The predicted molar refractivity (Wildman–Crippen MR) is 106 cm³/mol. The van der Waals surface area contributed by atoms with Gasteiger partial charge in [0.1, 0.15) is 5.75 Å². The van der Waals surface area contributed by atoms with Crippen LogP contribution in [-0.2, 0) is 16.4 Å². The van der Waals surface area contributed by atoms with E-state index in [1.807, 2.05) is 0 Å². The standard InChI is InChI=1S/C19H23ClN2O4S/c1-21-27(24,25)16-9-6-14(7-10-16)5-3-4-12-22-19(23)17-13-15(20)8-11-18(17)26-2/h6-11,13,21H,3-5,12H2,1-2H3,(H,22,23). The maximum absolute atomic E-state index is 12.3. The number of hydrogen-bond acceptors (Lipinski definition) is 4. The first kappa shape index (κ1) is 21.2. The van der Waals surface area contributed by atoms with Crippen molar-refractivity contribution in [2.45, 2.75) is 24.2 Å². The summed E-state index contributed by atoms with van der Waals surface area (Å²) in [5, 5.41) is 3.34. The van der Waals surface area contributed by atoms with Crippen molar-refractivity contribution < 1.29 is 17.9 Å². The van der Waals surface area contributed by atoms with Gasteiger partial charge in [0, 0.05) is 11.6 Å². The van der Waals surface area contributed by atoms with Gasteiger partial charge in [-0.05, 0) is 62.2 Å². The minimum absolute atomic E-state index is 0.226. The summed E-state index contributed by atoms with van der Waals surface area (Å²) < 4.78 is 30.9. The number of unbranched alkanes of at least 4 members (excludes halogenated alkanes) is 1. The van der Waals surface area contributed by atoms with Gasteiger partial charge in [0.25, 0.3) is 5.91 Å². The van der Waals surface area contributed by atoms with Crippen LogP contribution in [0.5, 0.6) is 5.75 Å². The highest BCUT2D eigenvalue weighted by Crippen LogP contribution is 2.22. The number of amides is 1. The molecule has 2 aromatic rings. The molecule has 0 aliphatic heterocycles. The van der Waals surface area contributed by atoms with E-state index in [1.165, 1.54) is 14.2 Å². The molecule has 0 saturated carbocycles. The first-order valence-corrected chi connectivity index (χ1v) is 10.4. The number of ether oxygens (including phenoxy) is 1. The number of nitrogens with one attached hydrogen (secondary N) is 2. The lowest BCUT2D eigenvalue weighted by atomic mass is 10.1. The smallest absolute Gasteiger partial charge is 0.255 e. The molecular weight excluding hydrogens is 388 g/mol.